The summed E-state index contributed by atoms with van der Waals surface area (Å²) in [5, 5.41) is 0.153. The van der Waals surface area contributed by atoms with Crippen molar-refractivity contribution in [1.82, 2.24) is 9.97 Å². The van der Waals surface area contributed by atoms with Crippen LogP contribution in [0.5, 0.6) is 0 Å². The number of aromatic nitrogens is 2. The molecule has 0 spiro atoms. The first-order valence-electron chi connectivity index (χ1n) is 10.4. The largest absolute Gasteiger partial charge is 0.465 e. The highest BCUT2D eigenvalue weighted by Crippen LogP contribution is 2.33. The molecule has 1 aromatic heterocycles. The maximum Gasteiger partial charge on any atom is 0.337 e. The van der Waals surface area contributed by atoms with Crippen LogP contribution in [0.15, 0.2) is 47.4 Å². The summed E-state index contributed by atoms with van der Waals surface area (Å²) in [6, 6.07) is 11.5. The van der Waals surface area contributed by atoms with Gasteiger partial charge >= 0.3 is 5.97 Å². The third-order valence-electron chi connectivity index (χ3n) is 5.10. The number of sulfonamides is 1. The highest BCUT2D eigenvalue weighted by atomic mass is 35.5. The normalized spacial score (nSPS) is 11.5. The molecule has 174 valence electrons. The molecule has 0 fully saturated rings. The molecule has 7 nitrogen and oxygen atoms in total. The monoisotopic (exact) mass is 487 g/mol. The van der Waals surface area contributed by atoms with Gasteiger partial charge < -0.3 is 4.74 Å². The number of hydrogen-bond acceptors (Lipinski definition) is 6. The fraction of sp³-hybridized carbons (Fsp3) is 0.292. The lowest BCUT2D eigenvalue weighted by molar-refractivity contribution is 0.0600. The Hall–Kier alpha value is -2.97. The number of methoxy groups -OCH3 is 1. The molecular formula is C24H26ClN3O4S. The summed E-state index contributed by atoms with van der Waals surface area (Å²) in [7, 11) is -2.86. The molecule has 1 heterocycles. The predicted molar refractivity (Wildman–Crippen MR) is 129 cm³/mol. The molecule has 33 heavy (non-hydrogen) atoms. The Bertz CT molecular complexity index is 1310. The molecule has 0 radical (unpaired) electrons. The maximum atomic E-state index is 13.0. The van der Waals surface area contributed by atoms with E-state index in [0.717, 1.165) is 23.1 Å². The summed E-state index contributed by atoms with van der Waals surface area (Å²) < 4.78 is 33.1. The topological polar surface area (TPSA) is 98.2 Å². The number of halogens is 1. The highest BCUT2D eigenvalue weighted by Gasteiger charge is 2.22. The molecular weight excluding hydrogens is 462 g/mol. The van der Waals surface area contributed by atoms with E-state index in [-0.39, 0.29) is 21.6 Å². The second-order valence-corrected chi connectivity index (χ2v) is 10.2. The maximum absolute atomic E-state index is 13.0. The summed E-state index contributed by atoms with van der Waals surface area (Å²) in [5.41, 5.74) is 4.37. The molecule has 0 amide bonds. The molecule has 3 aromatic rings. The molecule has 0 atom stereocenters. The summed E-state index contributed by atoms with van der Waals surface area (Å²) in [6.07, 6.45) is 0.833. The first kappa shape index (κ1) is 24.7. The molecule has 0 aliphatic heterocycles. The number of anilines is 1. The number of aryl methyl sites for hydroxylation is 1. The number of ether oxygens (including phenoxy) is 1. The zero-order valence-electron chi connectivity index (χ0n) is 19.1. The van der Waals surface area contributed by atoms with Crippen LogP contribution in [0.25, 0.3) is 11.3 Å². The number of carbonyl (C=O) groups excluding carboxylic acids is 1. The molecule has 0 bridgehead atoms. The number of nitrogens with one attached hydrogen (secondary N) is 1. The van der Waals surface area contributed by atoms with Gasteiger partial charge in [-0.05, 0) is 55.5 Å². The molecule has 2 aromatic carbocycles. The van der Waals surface area contributed by atoms with Crippen molar-refractivity contribution in [2.75, 3.05) is 11.8 Å². The zero-order valence-corrected chi connectivity index (χ0v) is 20.7. The van der Waals surface area contributed by atoms with Crippen molar-refractivity contribution in [3.8, 4) is 11.3 Å². The van der Waals surface area contributed by atoms with Gasteiger partial charge in [-0.15, -0.1) is 0 Å². The summed E-state index contributed by atoms with van der Waals surface area (Å²) >= 11 is 6.39. The molecule has 9 heteroatoms. The van der Waals surface area contributed by atoms with E-state index in [4.69, 9.17) is 11.6 Å². The van der Waals surface area contributed by atoms with E-state index >= 15 is 0 Å². The van der Waals surface area contributed by atoms with Gasteiger partial charge in [0.25, 0.3) is 10.0 Å². The summed E-state index contributed by atoms with van der Waals surface area (Å²) in [6.45, 7) is 8.06. The SMILES string of the molecule is COC(=O)c1cccc(S(=O)(=O)Nc2nc(Cl)c(C)c(-c3c(C)cccc3CC(C)C)n2)c1. The number of nitrogens with zero attached hydrogens (tertiary/aromatic N) is 2. The average molecular weight is 488 g/mol. The van der Waals surface area contributed by atoms with E-state index in [2.05, 4.69) is 33.3 Å². The first-order chi connectivity index (χ1) is 15.5. The predicted octanol–water partition coefficient (Wildman–Crippen LogP) is 5.20. The minimum atomic E-state index is -4.09. The van der Waals surface area contributed by atoms with E-state index in [1.165, 1.54) is 31.4 Å². The van der Waals surface area contributed by atoms with Crippen LogP contribution in [-0.4, -0.2) is 31.5 Å². The second-order valence-electron chi connectivity index (χ2n) is 8.14. The average Bonchev–Trinajstić information content (AvgIpc) is 2.75. The molecule has 0 aliphatic rings. The summed E-state index contributed by atoms with van der Waals surface area (Å²) in [5.74, 6) is -0.368. The van der Waals surface area contributed by atoms with Gasteiger partial charge in [-0.25, -0.2) is 22.9 Å². The first-order valence-corrected chi connectivity index (χ1v) is 12.2. The van der Waals surface area contributed by atoms with Gasteiger partial charge in [-0.1, -0.05) is 49.7 Å². The minimum absolute atomic E-state index is 0.113. The van der Waals surface area contributed by atoms with E-state index in [1.807, 2.05) is 25.1 Å². The number of hydrogen-bond donors (Lipinski definition) is 1. The zero-order chi connectivity index (χ0) is 24.3. The van der Waals surface area contributed by atoms with Crippen molar-refractivity contribution in [2.24, 2.45) is 5.92 Å². The van der Waals surface area contributed by atoms with Gasteiger partial charge in [0.1, 0.15) is 5.15 Å². The smallest absolute Gasteiger partial charge is 0.337 e. The quantitative estimate of drug-likeness (QED) is 0.363. The number of carbonyl (C=O) groups is 1. The Morgan fingerprint density at radius 2 is 1.82 bits per heavy atom. The molecule has 0 saturated heterocycles. The fourth-order valence-electron chi connectivity index (χ4n) is 3.54. The molecule has 0 aliphatic carbocycles. The number of benzene rings is 2. The lowest BCUT2D eigenvalue weighted by Crippen LogP contribution is -2.17. The van der Waals surface area contributed by atoms with Crippen molar-refractivity contribution in [3.63, 3.8) is 0 Å². The van der Waals surface area contributed by atoms with E-state index < -0.39 is 16.0 Å². The Labute approximate surface area is 199 Å². The fourth-order valence-corrected chi connectivity index (χ4v) is 4.70. The van der Waals surface area contributed by atoms with E-state index in [9.17, 15) is 13.2 Å². The van der Waals surface area contributed by atoms with Crippen LogP contribution >= 0.6 is 11.6 Å². The van der Waals surface area contributed by atoms with Crippen LogP contribution < -0.4 is 4.72 Å². The van der Waals surface area contributed by atoms with Crippen molar-refractivity contribution in [3.05, 3.63) is 69.9 Å². The van der Waals surface area contributed by atoms with Gasteiger partial charge in [0.15, 0.2) is 0 Å². The molecule has 0 saturated carbocycles. The van der Waals surface area contributed by atoms with Gasteiger partial charge in [0.2, 0.25) is 5.95 Å². The Morgan fingerprint density at radius 1 is 1.12 bits per heavy atom. The lowest BCUT2D eigenvalue weighted by Gasteiger charge is -2.17. The summed E-state index contributed by atoms with van der Waals surface area (Å²) in [4.78, 5) is 20.3. The van der Waals surface area contributed by atoms with Crippen LogP contribution in [0.2, 0.25) is 5.15 Å². The Balaban J connectivity index is 2.08. The molecule has 3 rings (SSSR count). The van der Waals surface area contributed by atoms with Gasteiger partial charge in [0, 0.05) is 11.1 Å². The second kappa shape index (κ2) is 9.89. The number of esters is 1. The number of rotatable bonds is 7. The van der Waals surface area contributed by atoms with Crippen LogP contribution in [0.4, 0.5) is 5.95 Å². The van der Waals surface area contributed by atoms with Crippen molar-refractivity contribution >= 4 is 33.5 Å². The third kappa shape index (κ3) is 5.51. The molecule has 1 N–H and O–H groups in total. The highest BCUT2D eigenvalue weighted by molar-refractivity contribution is 7.92. The van der Waals surface area contributed by atoms with Gasteiger partial charge in [-0.2, -0.15) is 4.98 Å². The lowest BCUT2D eigenvalue weighted by atomic mass is 9.91. The Morgan fingerprint density at radius 3 is 2.48 bits per heavy atom. The van der Waals surface area contributed by atoms with Crippen molar-refractivity contribution in [2.45, 2.75) is 39.0 Å². The van der Waals surface area contributed by atoms with Crippen LogP contribution in [0, 0.1) is 19.8 Å². The third-order valence-corrected chi connectivity index (χ3v) is 6.80. The van der Waals surface area contributed by atoms with E-state index in [0.29, 0.717) is 17.2 Å². The standard InChI is InChI=1S/C24H26ClN3O4S/c1-14(2)12-17-9-6-8-15(3)20(17)21-16(4)22(25)27-24(26-21)28-33(30,31)19-11-7-10-18(13-19)23(29)32-5/h6-11,13-14H,12H2,1-5H3,(H,26,27,28). The van der Waals surface area contributed by atoms with Crippen LogP contribution in [0.1, 0.15) is 40.9 Å². The van der Waals surface area contributed by atoms with Crippen LogP contribution in [0.3, 0.4) is 0 Å². The van der Waals surface area contributed by atoms with Crippen LogP contribution in [-0.2, 0) is 21.2 Å². The van der Waals surface area contributed by atoms with E-state index in [1.54, 1.807) is 6.92 Å². The van der Waals surface area contributed by atoms with Gasteiger partial charge in [0.05, 0.1) is 23.3 Å². The van der Waals surface area contributed by atoms with Crippen molar-refractivity contribution in [1.29, 1.82) is 0 Å². The van der Waals surface area contributed by atoms with Gasteiger partial charge in [-0.3, -0.25) is 0 Å². The molecule has 0 unspecified atom stereocenters. The minimum Gasteiger partial charge on any atom is -0.465 e. The Kier molecular flexibility index (Phi) is 7.39. The van der Waals surface area contributed by atoms with Crippen molar-refractivity contribution < 1.29 is 17.9 Å².